The zero-order chi connectivity index (χ0) is 19.6. The van der Waals surface area contributed by atoms with Crippen molar-refractivity contribution < 1.29 is 19.1 Å². The number of carbonyl (C=O) groups excluding carboxylic acids is 3. The molecule has 0 aliphatic carbocycles. The van der Waals surface area contributed by atoms with E-state index in [0.717, 1.165) is 5.56 Å². The number of nitrogens with zero attached hydrogens (tertiary/aromatic N) is 2. The summed E-state index contributed by atoms with van der Waals surface area (Å²) < 4.78 is 6.47. The molecule has 2 aromatic rings. The maximum Gasteiger partial charge on any atom is 0.330 e. The van der Waals surface area contributed by atoms with E-state index in [0.29, 0.717) is 18.8 Å². The molecule has 8 nitrogen and oxygen atoms in total. The van der Waals surface area contributed by atoms with E-state index in [9.17, 15) is 14.4 Å². The molecular weight excluding hydrogens is 348 g/mol. The third-order valence-corrected chi connectivity index (χ3v) is 3.47. The third-order valence-electron chi connectivity index (χ3n) is 3.47. The molecule has 0 fully saturated rings. The minimum Gasteiger partial charge on any atom is -0.463 e. The lowest BCUT2D eigenvalue weighted by Gasteiger charge is -2.13. The van der Waals surface area contributed by atoms with Crippen molar-refractivity contribution in [1.29, 1.82) is 0 Å². The molecule has 0 saturated heterocycles. The topological polar surface area (TPSA) is 102 Å². The Morgan fingerprint density at radius 2 is 1.96 bits per heavy atom. The van der Waals surface area contributed by atoms with Crippen molar-refractivity contribution in [1.82, 2.24) is 15.1 Å². The molecule has 0 saturated carbocycles. The summed E-state index contributed by atoms with van der Waals surface area (Å²) >= 11 is 0. The Hall–Kier alpha value is -3.42. The van der Waals surface area contributed by atoms with Crippen LogP contribution in [0.1, 0.15) is 19.4 Å². The van der Waals surface area contributed by atoms with E-state index >= 15 is 0 Å². The highest BCUT2D eigenvalue weighted by atomic mass is 16.5. The number of nitrogens with one attached hydrogen (secondary N) is 2. The molecule has 1 aromatic carbocycles. The fraction of sp³-hybridized carbons (Fsp3) is 0.263. The number of hydrogen-bond acceptors (Lipinski definition) is 5. The van der Waals surface area contributed by atoms with Crippen LogP contribution in [0.5, 0.6) is 0 Å². The maximum absolute atomic E-state index is 12.0. The van der Waals surface area contributed by atoms with Crippen molar-refractivity contribution in [3.05, 3.63) is 54.4 Å². The van der Waals surface area contributed by atoms with Gasteiger partial charge in [0, 0.05) is 30.2 Å². The Labute approximate surface area is 157 Å². The lowest BCUT2D eigenvalue weighted by Crippen LogP contribution is -2.42. The van der Waals surface area contributed by atoms with Gasteiger partial charge in [-0.25, -0.2) is 4.79 Å². The van der Waals surface area contributed by atoms with Gasteiger partial charge in [-0.2, -0.15) is 5.10 Å². The summed E-state index contributed by atoms with van der Waals surface area (Å²) in [5.41, 5.74) is 1.24. The molecule has 0 spiro atoms. The van der Waals surface area contributed by atoms with E-state index in [1.54, 1.807) is 67.3 Å². The first-order valence-corrected chi connectivity index (χ1v) is 8.52. The lowest BCUT2D eigenvalue weighted by atomic mass is 10.2. The molecule has 1 aromatic heterocycles. The van der Waals surface area contributed by atoms with Crippen LogP contribution in [0.3, 0.4) is 0 Å². The van der Waals surface area contributed by atoms with E-state index < -0.39 is 17.8 Å². The van der Waals surface area contributed by atoms with Gasteiger partial charge >= 0.3 is 17.8 Å². The van der Waals surface area contributed by atoms with Gasteiger partial charge in [-0.1, -0.05) is 12.1 Å². The third kappa shape index (κ3) is 6.77. The quantitative estimate of drug-likeness (QED) is 0.438. The zero-order valence-corrected chi connectivity index (χ0v) is 15.2. The minimum absolute atomic E-state index is 0.251. The number of aromatic nitrogens is 2. The van der Waals surface area contributed by atoms with Gasteiger partial charge in [0.15, 0.2) is 0 Å². The van der Waals surface area contributed by atoms with Crippen LogP contribution in [0.25, 0.3) is 6.08 Å². The summed E-state index contributed by atoms with van der Waals surface area (Å²) in [7, 11) is 0. The molecule has 0 aliphatic rings. The molecular formula is C19H22N4O4. The Balaban J connectivity index is 1.83. The summed E-state index contributed by atoms with van der Waals surface area (Å²) in [6, 6.07) is 8.24. The first-order chi connectivity index (χ1) is 13.0. The first-order valence-electron chi connectivity index (χ1n) is 8.52. The molecule has 0 unspecified atom stereocenters. The highest BCUT2D eigenvalue weighted by Crippen LogP contribution is 2.11. The number of esters is 1. The number of anilines is 1. The molecule has 0 bridgehead atoms. The van der Waals surface area contributed by atoms with Gasteiger partial charge in [0.25, 0.3) is 0 Å². The SMILES string of the molecule is CCOC(=O)/C=C\c1ccc(NC(=O)C(=O)N[C@H](C)Cn2cccn2)cc1. The van der Waals surface area contributed by atoms with Gasteiger partial charge in [0.05, 0.1) is 13.2 Å². The van der Waals surface area contributed by atoms with Crippen molar-refractivity contribution in [2.24, 2.45) is 0 Å². The van der Waals surface area contributed by atoms with Gasteiger partial charge in [0.1, 0.15) is 0 Å². The van der Waals surface area contributed by atoms with Gasteiger partial charge in [-0.15, -0.1) is 0 Å². The van der Waals surface area contributed by atoms with Gasteiger partial charge in [0.2, 0.25) is 0 Å². The molecule has 2 rings (SSSR count). The van der Waals surface area contributed by atoms with Crippen LogP contribution in [-0.4, -0.2) is 40.2 Å². The van der Waals surface area contributed by atoms with E-state index in [2.05, 4.69) is 15.7 Å². The molecule has 27 heavy (non-hydrogen) atoms. The maximum atomic E-state index is 12.0. The number of benzene rings is 1. The van der Waals surface area contributed by atoms with Crippen molar-refractivity contribution in [2.45, 2.75) is 26.4 Å². The highest BCUT2D eigenvalue weighted by molar-refractivity contribution is 6.39. The van der Waals surface area contributed by atoms with Crippen molar-refractivity contribution in [2.75, 3.05) is 11.9 Å². The second-order valence-corrected chi connectivity index (χ2v) is 5.76. The predicted octanol–water partition coefficient (Wildman–Crippen LogP) is 1.60. The molecule has 0 radical (unpaired) electrons. The molecule has 0 aliphatic heterocycles. The normalized spacial score (nSPS) is 11.8. The first kappa shape index (κ1) is 19.9. The molecule has 1 heterocycles. The molecule has 8 heteroatoms. The molecule has 2 N–H and O–H groups in total. The average molecular weight is 370 g/mol. The second-order valence-electron chi connectivity index (χ2n) is 5.76. The predicted molar refractivity (Wildman–Crippen MR) is 101 cm³/mol. The smallest absolute Gasteiger partial charge is 0.330 e. The van der Waals surface area contributed by atoms with Gasteiger partial charge in [-0.3, -0.25) is 14.3 Å². The van der Waals surface area contributed by atoms with Crippen LogP contribution in [0.15, 0.2) is 48.8 Å². The monoisotopic (exact) mass is 370 g/mol. The van der Waals surface area contributed by atoms with Gasteiger partial charge in [-0.05, 0) is 43.7 Å². The highest BCUT2D eigenvalue weighted by Gasteiger charge is 2.16. The average Bonchev–Trinajstić information content (AvgIpc) is 3.14. The fourth-order valence-corrected chi connectivity index (χ4v) is 2.24. The van der Waals surface area contributed by atoms with E-state index in [-0.39, 0.29) is 6.04 Å². The summed E-state index contributed by atoms with van der Waals surface area (Å²) in [6.45, 7) is 4.30. The van der Waals surface area contributed by atoms with Crippen molar-refractivity contribution in [3.63, 3.8) is 0 Å². The van der Waals surface area contributed by atoms with E-state index in [1.165, 1.54) is 6.08 Å². The Bertz CT molecular complexity index is 798. The fourth-order valence-electron chi connectivity index (χ4n) is 2.24. The lowest BCUT2D eigenvalue weighted by molar-refractivity contribution is -0.137. The number of ether oxygens (including phenoxy) is 1. The van der Waals surface area contributed by atoms with Crippen LogP contribution in [-0.2, 0) is 25.7 Å². The van der Waals surface area contributed by atoms with Gasteiger partial charge < -0.3 is 15.4 Å². The van der Waals surface area contributed by atoms with Crippen LogP contribution in [0, 0.1) is 0 Å². The van der Waals surface area contributed by atoms with Crippen molar-refractivity contribution >= 4 is 29.5 Å². The second kappa shape index (κ2) is 9.91. The standard InChI is InChI=1S/C19H22N4O4/c1-3-27-17(24)10-7-15-5-8-16(9-6-15)22-19(26)18(25)21-14(2)13-23-12-4-11-20-23/h4-12,14H,3,13H2,1-2H3,(H,21,25)(H,22,26)/b10-7-/t14-/m1/s1. The van der Waals surface area contributed by atoms with E-state index in [1.807, 2.05) is 0 Å². The molecule has 142 valence electrons. The summed E-state index contributed by atoms with van der Waals surface area (Å²) in [4.78, 5) is 35.3. The Kier molecular flexibility index (Phi) is 7.30. The van der Waals surface area contributed by atoms with Crippen LogP contribution in [0.2, 0.25) is 0 Å². The molecule has 2 amide bonds. The summed E-state index contributed by atoms with van der Waals surface area (Å²) in [5, 5.41) is 9.20. The number of rotatable bonds is 7. The largest absolute Gasteiger partial charge is 0.463 e. The zero-order valence-electron chi connectivity index (χ0n) is 15.2. The van der Waals surface area contributed by atoms with Crippen LogP contribution >= 0.6 is 0 Å². The summed E-state index contributed by atoms with van der Waals surface area (Å²) in [5.74, 6) is -1.89. The van der Waals surface area contributed by atoms with Crippen LogP contribution in [0.4, 0.5) is 5.69 Å². The molecule has 1 atom stereocenters. The van der Waals surface area contributed by atoms with Crippen LogP contribution < -0.4 is 10.6 Å². The van der Waals surface area contributed by atoms with Crippen molar-refractivity contribution in [3.8, 4) is 0 Å². The Morgan fingerprint density at radius 3 is 2.59 bits per heavy atom. The minimum atomic E-state index is -0.753. The number of carbonyl (C=O) groups is 3. The number of hydrogen-bond donors (Lipinski definition) is 2. The summed E-state index contributed by atoms with van der Waals surface area (Å²) in [6.07, 6.45) is 6.35. The number of amides is 2. The van der Waals surface area contributed by atoms with E-state index in [4.69, 9.17) is 4.74 Å². The Morgan fingerprint density at radius 1 is 1.22 bits per heavy atom.